The molecule has 34 heavy (non-hydrogen) atoms. The first-order valence-corrected chi connectivity index (χ1v) is 11.6. The molecule has 0 aromatic heterocycles. The summed E-state index contributed by atoms with van der Waals surface area (Å²) in [6.45, 7) is 6.78. The van der Waals surface area contributed by atoms with E-state index >= 15 is 0 Å². The second-order valence-electron chi connectivity index (χ2n) is 8.62. The number of amides is 1. The van der Waals surface area contributed by atoms with Gasteiger partial charge in [-0.15, -0.1) is 0 Å². The summed E-state index contributed by atoms with van der Waals surface area (Å²) in [5.74, 6) is -1.98. The van der Waals surface area contributed by atoms with E-state index in [0.29, 0.717) is 5.56 Å². The van der Waals surface area contributed by atoms with Crippen LogP contribution >= 0.6 is 0 Å². The van der Waals surface area contributed by atoms with Gasteiger partial charge in [-0.05, 0) is 54.4 Å². The second kappa shape index (κ2) is 11.2. The number of hydrogen-bond acceptors (Lipinski definition) is 4. The molecule has 1 aliphatic heterocycles. The van der Waals surface area contributed by atoms with E-state index < -0.39 is 11.6 Å². The highest BCUT2D eigenvalue weighted by molar-refractivity contribution is 5.92. The fourth-order valence-electron chi connectivity index (χ4n) is 4.11. The summed E-state index contributed by atoms with van der Waals surface area (Å²) >= 11 is 0. The van der Waals surface area contributed by atoms with Crippen molar-refractivity contribution in [2.75, 3.05) is 42.9 Å². The molecule has 1 aliphatic rings. The van der Waals surface area contributed by atoms with Crippen LogP contribution in [-0.2, 0) is 11.3 Å². The average molecular weight is 465 g/mol. The lowest BCUT2D eigenvalue weighted by Crippen LogP contribution is -2.45. The highest BCUT2D eigenvalue weighted by Gasteiger charge is 2.17. The molecule has 1 atom stereocenters. The maximum atomic E-state index is 13.4. The van der Waals surface area contributed by atoms with Crippen LogP contribution in [0, 0.1) is 11.6 Å². The van der Waals surface area contributed by atoms with Crippen molar-refractivity contribution in [2.24, 2.45) is 0 Å². The number of halogens is 2. The average Bonchev–Trinajstić information content (AvgIpc) is 2.86. The Morgan fingerprint density at radius 1 is 0.912 bits per heavy atom. The number of piperazine rings is 1. The summed E-state index contributed by atoms with van der Waals surface area (Å²) in [6, 6.07) is 21.8. The Morgan fingerprint density at radius 3 is 2.29 bits per heavy atom. The van der Waals surface area contributed by atoms with E-state index in [2.05, 4.69) is 44.7 Å². The topological polar surface area (TPSA) is 47.6 Å². The summed E-state index contributed by atoms with van der Waals surface area (Å²) in [6.07, 6.45) is 0. The Kier molecular flexibility index (Phi) is 7.87. The predicted molar refractivity (Wildman–Crippen MR) is 132 cm³/mol. The first kappa shape index (κ1) is 23.9. The molecular formula is C27H30F2N4O. The summed E-state index contributed by atoms with van der Waals surface area (Å²) in [4.78, 5) is 17.1. The molecule has 7 heteroatoms. The third-order valence-electron chi connectivity index (χ3n) is 6.15. The van der Waals surface area contributed by atoms with Crippen molar-refractivity contribution in [1.29, 1.82) is 0 Å². The Balaban J connectivity index is 1.22. The molecule has 5 nitrogen and oxygen atoms in total. The van der Waals surface area contributed by atoms with Gasteiger partial charge in [-0.2, -0.15) is 0 Å². The lowest BCUT2D eigenvalue weighted by molar-refractivity contribution is -0.115. The SMILES string of the molecule is CC(NCC(=O)Nc1ccc(N2CCN(Cc3ccccc3)CC2)cc1)c1ccc(F)c(F)c1. The molecule has 3 aromatic rings. The molecule has 178 valence electrons. The van der Waals surface area contributed by atoms with Crippen LogP contribution in [0.25, 0.3) is 0 Å². The summed E-state index contributed by atoms with van der Waals surface area (Å²) in [5, 5.41) is 5.91. The Morgan fingerprint density at radius 2 is 1.62 bits per heavy atom. The van der Waals surface area contributed by atoms with Crippen LogP contribution in [0.1, 0.15) is 24.1 Å². The van der Waals surface area contributed by atoms with Gasteiger partial charge in [0.25, 0.3) is 0 Å². The summed E-state index contributed by atoms with van der Waals surface area (Å²) < 4.78 is 26.5. The smallest absolute Gasteiger partial charge is 0.238 e. The van der Waals surface area contributed by atoms with E-state index in [1.807, 2.05) is 30.3 Å². The van der Waals surface area contributed by atoms with Gasteiger partial charge in [0.2, 0.25) is 5.91 Å². The molecule has 0 bridgehead atoms. The number of nitrogens with zero attached hydrogens (tertiary/aromatic N) is 2. The van der Waals surface area contributed by atoms with Crippen LogP contribution in [0.3, 0.4) is 0 Å². The van der Waals surface area contributed by atoms with Crippen molar-refractivity contribution in [3.05, 3.63) is 95.6 Å². The van der Waals surface area contributed by atoms with E-state index in [1.165, 1.54) is 11.6 Å². The number of carbonyl (C=O) groups excluding carboxylic acids is 1. The highest BCUT2D eigenvalue weighted by atomic mass is 19.2. The number of benzene rings is 3. The van der Waals surface area contributed by atoms with Gasteiger partial charge in [0.15, 0.2) is 11.6 Å². The molecule has 2 N–H and O–H groups in total. The van der Waals surface area contributed by atoms with Gasteiger partial charge in [-0.25, -0.2) is 8.78 Å². The highest BCUT2D eigenvalue weighted by Crippen LogP contribution is 2.20. The van der Waals surface area contributed by atoms with Gasteiger partial charge in [0.05, 0.1) is 6.54 Å². The molecule has 0 aliphatic carbocycles. The molecule has 0 spiro atoms. The molecular weight excluding hydrogens is 434 g/mol. The van der Waals surface area contributed by atoms with Gasteiger partial charge in [-0.3, -0.25) is 9.69 Å². The first-order chi connectivity index (χ1) is 16.5. The van der Waals surface area contributed by atoms with E-state index in [0.717, 1.165) is 56.2 Å². The molecule has 1 amide bonds. The van der Waals surface area contributed by atoms with Crippen LogP contribution in [0.2, 0.25) is 0 Å². The van der Waals surface area contributed by atoms with Crippen molar-refractivity contribution in [1.82, 2.24) is 10.2 Å². The lowest BCUT2D eigenvalue weighted by atomic mass is 10.1. The molecule has 4 rings (SSSR count). The third-order valence-corrected chi connectivity index (χ3v) is 6.15. The van der Waals surface area contributed by atoms with Gasteiger partial charge in [0.1, 0.15) is 0 Å². The van der Waals surface area contributed by atoms with Gasteiger partial charge in [0, 0.05) is 50.1 Å². The minimum atomic E-state index is -0.895. The zero-order valence-electron chi connectivity index (χ0n) is 19.3. The number of anilines is 2. The molecule has 0 radical (unpaired) electrons. The van der Waals surface area contributed by atoms with Crippen LogP contribution < -0.4 is 15.5 Å². The quantitative estimate of drug-likeness (QED) is 0.513. The van der Waals surface area contributed by atoms with Crippen LogP contribution in [-0.4, -0.2) is 43.5 Å². The fraction of sp³-hybridized carbons (Fsp3) is 0.296. The second-order valence-corrected chi connectivity index (χ2v) is 8.62. The van der Waals surface area contributed by atoms with Crippen molar-refractivity contribution >= 4 is 17.3 Å². The largest absolute Gasteiger partial charge is 0.369 e. The first-order valence-electron chi connectivity index (χ1n) is 11.6. The van der Waals surface area contributed by atoms with Gasteiger partial charge < -0.3 is 15.5 Å². The lowest BCUT2D eigenvalue weighted by Gasteiger charge is -2.36. The molecule has 1 unspecified atom stereocenters. The maximum Gasteiger partial charge on any atom is 0.238 e. The Hall–Kier alpha value is -3.29. The van der Waals surface area contributed by atoms with E-state index in [9.17, 15) is 13.6 Å². The molecule has 1 heterocycles. The predicted octanol–water partition coefficient (Wildman–Crippen LogP) is 4.58. The third kappa shape index (κ3) is 6.40. The zero-order valence-corrected chi connectivity index (χ0v) is 19.3. The Labute approximate surface area is 199 Å². The molecule has 3 aromatic carbocycles. The Bertz CT molecular complexity index is 1080. The monoisotopic (exact) mass is 464 g/mol. The number of hydrogen-bond donors (Lipinski definition) is 2. The van der Waals surface area contributed by atoms with Gasteiger partial charge >= 0.3 is 0 Å². The minimum Gasteiger partial charge on any atom is -0.369 e. The van der Waals surface area contributed by atoms with Crippen molar-refractivity contribution in [3.8, 4) is 0 Å². The van der Waals surface area contributed by atoms with Crippen LogP contribution in [0.4, 0.5) is 20.2 Å². The van der Waals surface area contributed by atoms with E-state index in [4.69, 9.17) is 0 Å². The molecule has 0 saturated carbocycles. The summed E-state index contributed by atoms with van der Waals surface area (Å²) in [5.41, 5.74) is 3.78. The fourth-order valence-corrected chi connectivity index (χ4v) is 4.11. The normalized spacial score (nSPS) is 15.2. The van der Waals surface area contributed by atoms with E-state index in [-0.39, 0.29) is 18.5 Å². The zero-order chi connectivity index (χ0) is 23.9. The van der Waals surface area contributed by atoms with Crippen molar-refractivity contribution < 1.29 is 13.6 Å². The van der Waals surface area contributed by atoms with E-state index in [1.54, 1.807) is 6.92 Å². The molecule has 1 fully saturated rings. The minimum absolute atomic E-state index is 0.0608. The van der Waals surface area contributed by atoms with Crippen molar-refractivity contribution in [2.45, 2.75) is 19.5 Å². The van der Waals surface area contributed by atoms with Crippen molar-refractivity contribution in [3.63, 3.8) is 0 Å². The standard InChI is InChI=1S/C27H30F2N4O/c1-20(22-7-12-25(28)26(29)17-22)30-18-27(34)31-23-8-10-24(11-9-23)33-15-13-32(14-16-33)19-21-5-3-2-4-6-21/h2-12,17,20,30H,13-16,18-19H2,1H3,(H,31,34). The summed E-state index contributed by atoms with van der Waals surface area (Å²) in [7, 11) is 0. The number of carbonyl (C=O) groups is 1. The van der Waals surface area contributed by atoms with Crippen LogP contribution in [0.5, 0.6) is 0 Å². The number of nitrogens with one attached hydrogen (secondary N) is 2. The maximum absolute atomic E-state index is 13.4. The van der Waals surface area contributed by atoms with Gasteiger partial charge in [-0.1, -0.05) is 36.4 Å². The molecule has 1 saturated heterocycles. The number of rotatable bonds is 8. The van der Waals surface area contributed by atoms with Crippen LogP contribution in [0.15, 0.2) is 72.8 Å².